The Kier molecular flexibility index (Phi) is 4.95. The Balaban J connectivity index is 0.00000121. The van der Waals surface area contributed by atoms with Gasteiger partial charge in [0.1, 0.15) is 0 Å². The van der Waals surface area contributed by atoms with Crippen molar-refractivity contribution in [3.63, 3.8) is 0 Å². The molecular weight excluding hydrogens is 227 g/mol. The molecule has 0 amide bonds. The fourth-order valence-corrected chi connectivity index (χ4v) is 0.845. The van der Waals surface area contributed by atoms with Gasteiger partial charge in [0, 0.05) is 39.8 Å². The fourth-order valence-electron chi connectivity index (χ4n) is 0.845. The molecule has 1 radical (unpaired) electrons. The minimum atomic E-state index is 0. The maximum atomic E-state index is 11.1. The summed E-state index contributed by atoms with van der Waals surface area (Å²) >= 11 is 0. The monoisotopic (exact) mass is 239 g/mol. The van der Waals surface area contributed by atoms with E-state index in [9.17, 15) is 4.79 Å². The van der Waals surface area contributed by atoms with Gasteiger partial charge in [-0.05, 0) is 0 Å². The molecule has 0 spiro atoms. The van der Waals surface area contributed by atoms with Crippen LogP contribution >= 0.6 is 0 Å². The number of aromatic nitrogens is 1. The smallest absolute Gasteiger partial charge is 0.167 e. The molecule has 2 nitrogen and oxygen atoms in total. The molecule has 0 fully saturated rings. The Morgan fingerprint density at radius 2 is 2.08 bits per heavy atom. The third-order valence-corrected chi connectivity index (χ3v) is 1.67. The van der Waals surface area contributed by atoms with Gasteiger partial charge in [0.25, 0.3) is 0 Å². The summed E-state index contributed by atoms with van der Waals surface area (Å²) in [4.78, 5) is 11.1. The van der Waals surface area contributed by atoms with Gasteiger partial charge in [-0.3, -0.25) is 4.79 Å². The van der Waals surface area contributed by atoms with Crippen molar-refractivity contribution < 1.29 is 32.7 Å². The zero-order chi connectivity index (χ0) is 8.43. The van der Waals surface area contributed by atoms with Gasteiger partial charge >= 0.3 is 0 Å². The molecule has 0 aliphatic rings. The normalized spacial score (nSPS) is 9.67. The number of hydrogen-bond donors (Lipinski definition) is 0. The van der Waals surface area contributed by atoms with E-state index in [1.54, 1.807) is 19.3 Å². The summed E-state index contributed by atoms with van der Waals surface area (Å²) in [5.74, 6) is 0.379. The molecular formula is C9H12NOY-. The molecule has 1 heterocycles. The summed E-state index contributed by atoms with van der Waals surface area (Å²) in [7, 11) is 1.73. The number of nitrogens with zero attached hydrogens (tertiary/aromatic N) is 1. The molecule has 0 N–H and O–H groups in total. The van der Waals surface area contributed by atoms with Crippen LogP contribution in [0.1, 0.15) is 25.3 Å². The molecule has 0 atom stereocenters. The van der Waals surface area contributed by atoms with E-state index in [0.29, 0.717) is 5.92 Å². The van der Waals surface area contributed by atoms with Gasteiger partial charge in [-0.1, -0.05) is 26.0 Å². The Labute approximate surface area is 97.9 Å². The second kappa shape index (κ2) is 4.93. The number of hydrogen-bond acceptors (Lipinski definition) is 1. The molecule has 0 bridgehead atoms. The van der Waals surface area contributed by atoms with Crippen molar-refractivity contribution in [3.8, 4) is 0 Å². The van der Waals surface area contributed by atoms with E-state index in [4.69, 9.17) is 0 Å². The third kappa shape index (κ3) is 2.83. The first-order valence-corrected chi connectivity index (χ1v) is 3.69. The molecule has 12 heavy (non-hydrogen) atoms. The largest absolute Gasteiger partial charge is 0.352 e. The van der Waals surface area contributed by atoms with Crippen molar-refractivity contribution in [2.75, 3.05) is 0 Å². The summed E-state index contributed by atoms with van der Waals surface area (Å²) in [6.45, 7) is 4.09. The average Bonchev–Trinajstić information content (AvgIpc) is 1.94. The fraction of sp³-hybridized carbons (Fsp3) is 0.444. The van der Waals surface area contributed by atoms with E-state index >= 15 is 0 Å². The van der Waals surface area contributed by atoms with Crippen LogP contribution in [-0.2, 0) is 39.8 Å². The standard InChI is InChI=1S/C9H12NO.Y/c1-7(2)8-4-5-10(3)9(11)6-8;/h5-7H,1-3H3;/q-1;. The maximum Gasteiger partial charge on any atom is 0.167 e. The summed E-state index contributed by atoms with van der Waals surface area (Å²) in [5.41, 5.74) is 1.01. The average molecular weight is 239 g/mol. The molecule has 0 aromatic carbocycles. The van der Waals surface area contributed by atoms with E-state index < -0.39 is 0 Å². The first-order valence-electron chi connectivity index (χ1n) is 3.69. The summed E-state index contributed by atoms with van der Waals surface area (Å²) in [5, 5.41) is 0. The summed E-state index contributed by atoms with van der Waals surface area (Å²) < 4.78 is 1.52. The molecule has 0 saturated heterocycles. The van der Waals surface area contributed by atoms with E-state index in [0.717, 1.165) is 5.56 Å². The van der Waals surface area contributed by atoms with E-state index in [1.165, 1.54) is 4.57 Å². The van der Waals surface area contributed by atoms with Crippen molar-refractivity contribution in [3.05, 3.63) is 34.2 Å². The van der Waals surface area contributed by atoms with Crippen molar-refractivity contribution in [1.29, 1.82) is 0 Å². The minimum absolute atomic E-state index is 0. The number of pyridine rings is 1. The molecule has 3 heteroatoms. The van der Waals surface area contributed by atoms with Crippen LogP contribution in [0.4, 0.5) is 0 Å². The van der Waals surface area contributed by atoms with E-state index in [2.05, 4.69) is 6.07 Å². The van der Waals surface area contributed by atoms with Gasteiger partial charge in [-0.2, -0.15) is 0 Å². The summed E-state index contributed by atoms with van der Waals surface area (Å²) in [6.07, 6.45) is 1.68. The van der Waals surface area contributed by atoms with Gasteiger partial charge in [-0.15, -0.1) is 6.07 Å². The van der Waals surface area contributed by atoms with Crippen molar-refractivity contribution >= 4 is 0 Å². The van der Waals surface area contributed by atoms with E-state index in [-0.39, 0.29) is 38.3 Å². The van der Waals surface area contributed by atoms with Gasteiger partial charge in [-0.25, -0.2) is 11.6 Å². The van der Waals surface area contributed by atoms with Crippen LogP contribution in [0.2, 0.25) is 0 Å². The van der Waals surface area contributed by atoms with Gasteiger partial charge in [0.15, 0.2) is 5.56 Å². The van der Waals surface area contributed by atoms with Crippen LogP contribution in [0, 0.1) is 6.07 Å². The maximum absolute atomic E-state index is 11.1. The molecule has 0 aliphatic heterocycles. The molecule has 0 aliphatic carbocycles. The van der Waals surface area contributed by atoms with Crippen molar-refractivity contribution in [2.24, 2.45) is 7.05 Å². The molecule has 63 valence electrons. The number of rotatable bonds is 1. The second-order valence-electron chi connectivity index (χ2n) is 2.98. The Hall–Kier alpha value is 0.0539. The predicted octanol–water partition coefficient (Wildman–Crippen LogP) is 1.31. The summed E-state index contributed by atoms with van der Waals surface area (Å²) in [6, 6.07) is 4.67. The van der Waals surface area contributed by atoms with Crippen LogP contribution in [0.5, 0.6) is 0 Å². The van der Waals surface area contributed by atoms with Crippen LogP contribution in [0.3, 0.4) is 0 Å². The number of aryl methyl sites for hydroxylation is 1. The molecule has 1 aromatic heterocycles. The molecule has 0 saturated carbocycles. The van der Waals surface area contributed by atoms with Crippen LogP contribution in [0.25, 0.3) is 0 Å². The van der Waals surface area contributed by atoms with Crippen LogP contribution < -0.4 is 5.56 Å². The van der Waals surface area contributed by atoms with E-state index in [1.807, 2.05) is 13.8 Å². The first-order chi connectivity index (χ1) is 5.11. The van der Waals surface area contributed by atoms with Crippen molar-refractivity contribution in [1.82, 2.24) is 4.57 Å². The molecule has 0 unspecified atom stereocenters. The zero-order valence-corrected chi connectivity index (χ0v) is 10.5. The third-order valence-electron chi connectivity index (χ3n) is 1.67. The second-order valence-corrected chi connectivity index (χ2v) is 2.98. The Bertz CT molecular complexity index is 304. The van der Waals surface area contributed by atoms with Gasteiger partial charge in [0.05, 0.1) is 0 Å². The van der Waals surface area contributed by atoms with Gasteiger partial charge < -0.3 is 4.57 Å². The quantitative estimate of drug-likeness (QED) is 0.677. The topological polar surface area (TPSA) is 22.0 Å². The zero-order valence-electron chi connectivity index (χ0n) is 7.66. The predicted molar refractivity (Wildman–Crippen MR) is 44.6 cm³/mol. The SMILES string of the molecule is CC(C)c1[c-]cn(C)c(=O)c1.[Y]. The Morgan fingerprint density at radius 3 is 2.50 bits per heavy atom. The Morgan fingerprint density at radius 1 is 1.50 bits per heavy atom. The van der Waals surface area contributed by atoms with Gasteiger partial charge in [0.2, 0.25) is 0 Å². The molecule has 1 rings (SSSR count). The van der Waals surface area contributed by atoms with Crippen LogP contribution in [-0.4, -0.2) is 4.57 Å². The minimum Gasteiger partial charge on any atom is -0.352 e. The van der Waals surface area contributed by atoms with Crippen LogP contribution in [0.15, 0.2) is 17.1 Å². The van der Waals surface area contributed by atoms with Crippen molar-refractivity contribution in [2.45, 2.75) is 19.8 Å². The first kappa shape index (κ1) is 12.1. The molecule has 1 aromatic rings.